The van der Waals surface area contributed by atoms with E-state index in [0.717, 1.165) is 41.4 Å². The molecule has 0 aromatic rings. The van der Waals surface area contributed by atoms with Gasteiger partial charge >= 0.3 is 5.97 Å². The summed E-state index contributed by atoms with van der Waals surface area (Å²) in [5.74, 6) is 6.34. The van der Waals surface area contributed by atoms with Crippen LogP contribution in [0.3, 0.4) is 0 Å². The molecule has 4 rings (SSSR count). The van der Waals surface area contributed by atoms with E-state index in [-0.39, 0.29) is 5.41 Å². The van der Waals surface area contributed by atoms with E-state index < -0.39 is 5.97 Å². The van der Waals surface area contributed by atoms with Crippen molar-refractivity contribution in [3.05, 3.63) is 11.6 Å². The van der Waals surface area contributed by atoms with Crippen molar-refractivity contribution in [2.45, 2.75) is 119 Å². The molecule has 0 saturated heterocycles. The third kappa shape index (κ3) is 4.54. The average molecular weight is 471 g/mol. The highest BCUT2D eigenvalue weighted by atomic mass is 16.4. The van der Waals surface area contributed by atoms with Gasteiger partial charge in [0.25, 0.3) is 0 Å². The van der Waals surface area contributed by atoms with Crippen molar-refractivity contribution in [3.8, 4) is 0 Å². The van der Waals surface area contributed by atoms with Crippen molar-refractivity contribution in [1.82, 2.24) is 0 Å². The van der Waals surface area contributed by atoms with Crippen LogP contribution < -0.4 is 0 Å². The molecule has 0 bridgehead atoms. The monoisotopic (exact) mass is 470 g/mol. The molecule has 2 nitrogen and oxygen atoms in total. The molecule has 10 atom stereocenters. The van der Waals surface area contributed by atoms with Crippen molar-refractivity contribution in [3.63, 3.8) is 0 Å². The molecule has 0 aromatic heterocycles. The first-order valence-corrected chi connectivity index (χ1v) is 14.9. The van der Waals surface area contributed by atoms with Gasteiger partial charge in [0.05, 0.1) is 0 Å². The number of hydrogen-bond donors (Lipinski definition) is 1. The Hall–Kier alpha value is -0.790. The van der Waals surface area contributed by atoms with Gasteiger partial charge in [0.1, 0.15) is 0 Å². The van der Waals surface area contributed by atoms with Crippen LogP contribution in [-0.2, 0) is 4.79 Å². The van der Waals surface area contributed by atoms with Gasteiger partial charge in [0.15, 0.2) is 0 Å². The van der Waals surface area contributed by atoms with Gasteiger partial charge in [-0.25, -0.2) is 4.79 Å². The van der Waals surface area contributed by atoms with Gasteiger partial charge in [0.2, 0.25) is 0 Å². The summed E-state index contributed by atoms with van der Waals surface area (Å²) < 4.78 is 0. The lowest BCUT2D eigenvalue weighted by molar-refractivity contribution is -0.138. The summed E-state index contributed by atoms with van der Waals surface area (Å²) in [6, 6.07) is 0. The first kappa shape index (κ1) is 26.3. The minimum atomic E-state index is -0.730. The Labute approximate surface area is 210 Å². The Balaban J connectivity index is 1.56. The topological polar surface area (TPSA) is 37.3 Å². The van der Waals surface area contributed by atoms with Gasteiger partial charge in [-0.3, -0.25) is 0 Å². The standard InChI is InChI=1S/C32H54O2/c1-20(2)9-8-10-22(4)27-13-14-28-26-12-11-24-17-21(3)18-25(19-23(5)30(33)34)32(24,7)29(26)15-16-31(27,28)6/h19-22,24-29H,8-18H2,1-7H3,(H,33,34)/t21?,22-,24?,25?,26+,27-,28+,29+,31-,32-/m1/s1. The first-order valence-electron chi connectivity index (χ1n) is 14.9. The molecule has 0 spiro atoms. The van der Waals surface area contributed by atoms with Gasteiger partial charge in [-0.05, 0) is 122 Å². The lowest BCUT2D eigenvalue weighted by atomic mass is 9.41. The molecule has 1 N–H and O–H groups in total. The Morgan fingerprint density at radius 3 is 2.41 bits per heavy atom. The maximum Gasteiger partial charge on any atom is 0.330 e. The van der Waals surface area contributed by atoms with Crippen molar-refractivity contribution >= 4 is 5.97 Å². The van der Waals surface area contributed by atoms with Gasteiger partial charge in [-0.2, -0.15) is 0 Å². The van der Waals surface area contributed by atoms with E-state index in [0.29, 0.717) is 22.8 Å². The first-order chi connectivity index (χ1) is 16.0. The minimum absolute atomic E-state index is 0.286. The number of allylic oxidation sites excluding steroid dienone is 1. The summed E-state index contributed by atoms with van der Waals surface area (Å²) in [6.45, 7) is 16.8. The Morgan fingerprint density at radius 2 is 1.74 bits per heavy atom. The smallest absolute Gasteiger partial charge is 0.330 e. The summed E-state index contributed by atoms with van der Waals surface area (Å²) in [5, 5.41) is 9.65. The fourth-order valence-electron chi connectivity index (χ4n) is 10.3. The summed E-state index contributed by atoms with van der Waals surface area (Å²) >= 11 is 0. The fraction of sp³-hybridized carbons (Fsp3) is 0.906. The Bertz CT molecular complexity index is 767. The number of carboxylic acid groups (broad SMARTS) is 1. The lowest BCUT2D eigenvalue weighted by Crippen LogP contribution is -2.56. The van der Waals surface area contributed by atoms with Crippen LogP contribution >= 0.6 is 0 Å². The number of fused-ring (bicyclic) bond motifs is 5. The van der Waals surface area contributed by atoms with E-state index in [1.165, 1.54) is 70.6 Å². The molecular weight excluding hydrogens is 416 g/mol. The zero-order chi connectivity index (χ0) is 24.8. The van der Waals surface area contributed by atoms with Crippen LogP contribution in [0, 0.1) is 64.1 Å². The molecule has 0 aromatic carbocycles. The van der Waals surface area contributed by atoms with Crippen LogP contribution in [0.25, 0.3) is 0 Å². The molecule has 4 saturated carbocycles. The molecule has 0 heterocycles. The number of hydrogen-bond acceptors (Lipinski definition) is 1. The van der Waals surface area contributed by atoms with Gasteiger partial charge in [0, 0.05) is 5.57 Å². The van der Waals surface area contributed by atoms with E-state index in [9.17, 15) is 9.90 Å². The molecule has 4 fully saturated rings. The molecule has 3 unspecified atom stereocenters. The predicted molar refractivity (Wildman–Crippen MR) is 142 cm³/mol. The Morgan fingerprint density at radius 1 is 1.00 bits per heavy atom. The van der Waals surface area contributed by atoms with Crippen LogP contribution in [0.1, 0.15) is 119 Å². The predicted octanol–water partition coefficient (Wildman–Crippen LogP) is 9.00. The van der Waals surface area contributed by atoms with E-state index in [1.807, 2.05) is 6.92 Å². The number of carbonyl (C=O) groups is 1. The van der Waals surface area contributed by atoms with Crippen molar-refractivity contribution in [2.24, 2.45) is 64.1 Å². The quantitative estimate of drug-likeness (QED) is 0.377. The highest BCUT2D eigenvalue weighted by Crippen LogP contribution is 2.69. The fourth-order valence-corrected chi connectivity index (χ4v) is 10.3. The van der Waals surface area contributed by atoms with E-state index >= 15 is 0 Å². The normalized spacial score (nSPS) is 45.4. The van der Waals surface area contributed by atoms with E-state index in [4.69, 9.17) is 0 Å². The maximum atomic E-state index is 11.7. The molecule has 0 aliphatic heterocycles. The van der Waals surface area contributed by atoms with Gasteiger partial charge in [-0.1, -0.05) is 66.9 Å². The van der Waals surface area contributed by atoms with Crippen LogP contribution in [0.15, 0.2) is 11.6 Å². The number of aliphatic carboxylic acids is 1. The van der Waals surface area contributed by atoms with Crippen LogP contribution in [0.4, 0.5) is 0 Å². The summed E-state index contributed by atoms with van der Waals surface area (Å²) in [5.41, 5.74) is 1.39. The molecule has 4 aliphatic carbocycles. The second kappa shape index (κ2) is 9.93. The number of rotatable bonds is 7. The maximum absolute atomic E-state index is 11.7. The Kier molecular flexibility index (Phi) is 7.67. The zero-order valence-electron chi connectivity index (χ0n) is 23.4. The third-order valence-corrected chi connectivity index (χ3v) is 12.1. The third-order valence-electron chi connectivity index (χ3n) is 12.1. The molecule has 4 aliphatic rings. The van der Waals surface area contributed by atoms with Crippen LogP contribution in [0.5, 0.6) is 0 Å². The lowest BCUT2D eigenvalue weighted by Gasteiger charge is -2.63. The van der Waals surface area contributed by atoms with Crippen molar-refractivity contribution < 1.29 is 9.90 Å². The molecule has 2 heteroatoms. The SMILES string of the molecule is CC(=CC1CC(C)CC2CC[C@@H]3[C@H](CC[C@]4(C)[C@@H]([C@H](C)CCCC(C)C)CC[C@@H]34)[C@@]12C)C(=O)O. The molecular formula is C32H54O2. The largest absolute Gasteiger partial charge is 0.478 e. The second-order valence-electron chi connectivity index (χ2n) is 14.4. The number of carboxylic acids is 1. The highest BCUT2D eigenvalue weighted by Gasteiger charge is 2.62. The van der Waals surface area contributed by atoms with Gasteiger partial charge in [-0.15, -0.1) is 0 Å². The highest BCUT2D eigenvalue weighted by molar-refractivity contribution is 5.85. The summed E-state index contributed by atoms with van der Waals surface area (Å²) in [7, 11) is 0. The van der Waals surface area contributed by atoms with Crippen molar-refractivity contribution in [1.29, 1.82) is 0 Å². The molecule has 34 heavy (non-hydrogen) atoms. The molecule has 0 amide bonds. The van der Waals surface area contributed by atoms with E-state index in [1.54, 1.807) is 0 Å². The zero-order valence-corrected chi connectivity index (χ0v) is 23.4. The average Bonchev–Trinajstić information content (AvgIpc) is 3.11. The van der Waals surface area contributed by atoms with Crippen LogP contribution in [0.2, 0.25) is 0 Å². The summed E-state index contributed by atoms with van der Waals surface area (Å²) in [6.07, 6.45) is 17.4. The minimum Gasteiger partial charge on any atom is -0.478 e. The molecule has 0 radical (unpaired) electrons. The van der Waals surface area contributed by atoms with E-state index in [2.05, 4.69) is 47.6 Å². The van der Waals surface area contributed by atoms with Crippen molar-refractivity contribution in [2.75, 3.05) is 0 Å². The van der Waals surface area contributed by atoms with Gasteiger partial charge < -0.3 is 5.11 Å². The molecule has 194 valence electrons. The van der Waals surface area contributed by atoms with Crippen LogP contribution in [-0.4, -0.2) is 11.1 Å². The second-order valence-corrected chi connectivity index (χ2v) is 14.4. The summed E-state index contributed by atoms with van der Waals surface area (Å²) in [4.78, 5) is 11.7.